The van der Waals surface area contributed by atoms with Crippen molar-refractivity contribution in [2.45, 2.75) is 32.4 Å². The molecule has 1 N–H and O–H groups in total. The normalized spacial score (nSPS) is 20.5. The van der Waals surface area contributed by atoms with Crippen LogP contribution in [0.4, 0.5) is 0 Å². The van der Waals surface area contributed by atoms with Gasteiger partial charge in [-0.05, 0) is 18.6 Å². The SMILES string of the molecule is CC[C@@H]1ONN=C1N1CCc2nc(-c3ccccc3)oc2C1. The van der Waals surface area contributed by atoms with Crippen molar-refractivity contribution in [2.75, 3.05) is 6.54 Å². The second-order valence-corrected chi connectivity index (χ2v) is 5.50. The summed E-state index contributed by atoms with van der Waals surface area (Å²) in [6.45, 7) is 3.66. The van der Waals surface area contributed by atoms with Gasteiger partial charge in [-0.15, -0.1) is 5.10 Å². The Hall–Kier alpha value is -2.34. The number of rotatable bonds is 2. The van der Waals surface area contributed by atoms with Gasteiger partial charge in [-0.3, -0.25) is 0 Å². The van der Waals surface area contributed by atoms with E-state index in [2.05, 4.69) is 27.5 Å². The molecule has 4 rings (SSSR count). The molecular formula is C16H18N4O2. The molecule has 2 aromatic rings. The van der Waals surface area contributed by atoms with Crippen LogP contribution >= 0.6 is 0 Å². The van der Waals surface area contributed by atoms with Crippen molar-refractivity contribution in [3.63, 3.8) is 0 Å². The highest BCUT2D eigenvalue weighted by Crippen LogP contribution is 2.27. The van der Waals surface area contributed by atoms with E-state index in [1.54, 1.807) is 0 Å². The number of nitrogens with one attached hydrogen (secondary N) is 1. The summed E-state index contributed by atoms with van der Waals surface area (Å²) in [5, 5.41) is 4.26. The zero-order valence-corrected chi connectivity index (χ0v) is 12.5. The van der Waals surface area contributed by atoms with Crippen LogP contribution in [0.3, 0.4) is 0 Å². The number of oxazole rings is 1. The van der Waals surface area contributed by atoms with Crippen molar-refractivity contribution in [3.05, 3.63) is 41.8 Å². The maximum absolute atomic E-state index is 5.98. The summed E-state index contributed by atoms with van der Waals surface area (Å²) in [5.41, 5.74) is 4.69. The lowest BCUT2D eigenvalue weighted by atomic mass is 10.1. The molecule has 0 saturated heterocycles. The van der Waals surface area contributed by atoms with Gasteiger partial charge >= 0.3 is 0 Å². The molecule has 114 valence electrons. The van der Waals surface area contributed by atoms with Crippen LogP contribution in [0.1, 0.15) is 24.8 Å². The van der Waals surface area contributed by atoms with Gasteiger partial charge in [-0.25, -0.2) is 9.82 Å². The van der Waals surface area contributed by atoms with Gasteiger partial charge in [0.15, 0.2) is 5.84 Å². The first kappa shape index (κ1) is 13.3. The molecule has 0 aliphatic carbocycles. The first-order valence-corrected chi connectivity index (χ1v) is 7.62. The minimum atomic E-state index is 0.0121. The van der Waals surface area contributed by atoms with E-state index >= 15 is 0 Å². The Kier molecular flexibility index (Phi) is 3.31. The molecule has 6 heteroatoms. The van der Waals surface area contributed by atoms with Crippen LogP contribution < -0.4 is 5.59 Å². The van der Waals surface area contributed by atoms with Gasteiger partial charge in [0.2, 0.25) is 5.89 Å². The lowest BCUT2D eigenvalue weighted by Crippen LogP contribution is -2.40. The van der Waals surface area contributed by atoms with Crippen LogP contribution in [-0.2, 0) is 17.8 Å². The highest BCUT2D eigenvalue weighted by atomic mass is 16.7. The summed E-state index contributed by atoms with van der Waals surface area (Å²) in [7, 11) is 0. The molecule has 1 aromatic carbocycles. The predicted molar refractivity (Wildman–Crippen MR) is 81.8 cm³/mol. The lowest BCUT2D eigenvalue weighted by molar-refractivity contribution is 0.0303. The number of nitrogens with zero attached hydrogens (tertiary/aromatic N) is 3. The van der Waals surface area contributed by atoms with Crippen LogP contribution in [0.5, 0.6) is 0 Å². The van der Waals surface area contributed by atoms with E-state index in [0.717, 1.165) is 42.2 Å². The van der Waals surface area contributed by atoms with Gasteiger partial charge < -0.3 is 9.32 Å². The first-order chi connectivity index (χ1) is 10.8. The van der Waals surface area contributed by atoms with Gasteiger partial charge in [-0.1, -0.05) is 25.1 Å². The topological polar surface area (TPSA) is 62.9 Å². The molecule has 0 unspecified atom stereocenters. The molecule has 0 amide bonds. The zero-order valence-electron chi connectivity index (χ0n) is 12.5. The molecule has 6 nitrogen and oxygen atoms in total. The number of hydrogen-bond acceptors (Lipinski definition) is 6. The standard InChI is InChI=1S/C16H18N4O2/c1-2-13-15(18-19-22-13)20-9-8-12-14(10-20)21-16(17-12)11-6-4-3-5-7-11/h3-7,13,19H,2,8-10H2,1H3/t13-/m0/s1. The Morgan fingerprint density at radius 3 is 3.00 bits per heavy atom. The number of benzene rings is 1. The fourth-order valence-corrected chi connectivity index (χ4v) is 2.90. The summed E-state index contributed by atoms with van der Waals surface area (Å²) in [6, 6.07) is 10.0. The van der Waals surface area contributed by atoms with Crippen molar-refractivity contribution in [1.29, 1.82) is 0 Å². The van der Waals surface area contributed by atoms with Crippen molar-refractivity contribution in [3.8, 4) is 11.5 Å². The van der Waals surface area contributed by atoms with Gasteiger partial charge in [-0.2, -0.15) is 5.59 Å². The minimum absolute atomic E-state index is 0.0121. The Labute approximate surface area is 128 Å². The average molecular weight is 298 g/mol. The second kappa shape index (κ2) is 5.46. The summed E-state index contributed by atoms with van der Waals surface area (Å²) < 4.78 is 5.98. The Balaban J connectivity index is 1.58. The molecule has 0 bridgehead atoms. The van der Waals surface area contributed by atoms with Crippen molar-refractivity contribution in [2.24, 2.45) is 5.10 Å². The van der Waals surface area contributed by atoms with E-state index < -0.39 is 0 Å². The molecule has 2 aliphatic heterocycles. The predicted octanol–water partition coefficient (Wildman–Crippen LogP) is 2.33. The third-order valence-electron chi connectivity index (χ3n) is 4.09. The molecule has 0 radical (unpaired) electrons. The van der Waals surface area contributed by atoms with Gasteiger partial charge in [0, 0.05) is 18.5 Å². The van der Waals surface area contributed by atoms with Gasteiger partial charge in [0.25, 0.3) is 0 Å². The van der Waals surface area contributed by atoms with E-state index in [0.29, 0.717) is 12.4 Å². The fourth-order valence-electron chi connectivity index (χ4n) is 2.90. The van der Waals surface area contributed by atoms with Crippen LogP contribution in [0, 0.1) is 0 Å². The highest BCUT2D eigenvalue weighted by Gasteiger charge is 2.31. The molecule has 22 heavy (non-hydrogen) atoms. The summed E-state index contributed by atoms with van der Waals surface area (Å²) in [5.74, 6) is 2.57. The van der Waals surface area contributed by atoms with Crippen LogP contribution in [0.2, 0.25) is 0 Å². The number of fused-ring (bicyclic) bond motifs is 1. The van der Waals surface area contributed by atoms with Crippen molar-refractivity contribution in [1.82, 2.24) is 15.5 Å². The first-order valence-electron chi connectivity index (χ1n) is 7.62. The molecule has 3 heterocycles. The Bertz CT molecular complexity index is 695. The Morgan fingerprint density at radius 2 is 2.18 bits per heavy atom. The molecule has 0 spiro atoms. The highest BCUT2D eigenvalue weighted by molar-refractivity contribution is 5.87. The number of hydrazone groups is 1. The number of aromatic nitrogens is 1. The third-order valence-corrected chi connectivity index (χ3v) is 4.09. The zero-order chi connectivity index (χ0) is 14.9. The maximum atomic E-state index is 5.98. The smallest absolute Gasteiger partial charge is 0.226 e. The van der Waals surface area contributed by atoms with E-state index in [1.165, 1.54) is 0 Å². The minimum Gasteiger partial charge on any atom is -0.439 e. The van der Waals surface area contributed by atoms with E-state index in [4.69, 9.17) is 9.25 Å². The summed E-state index contributed by atoms with van der Waals surface area (Å²) in [4.78, 5) is 12.2. The molecule has 1 atom stereocenters. The Morgan fingerprint density at radius 1 is 1.32 bits per heavy atom. The second-order valence-electron chi connectivity index (χ2n) is 5.50. The summed E-state index contributed by atoms with van der Waals surface area (Å²) >= 11 is 0. The van der Waals surface area contributed by atoms with Crippen LogP contribution in [-0.4, -0.2) is 28.4 Å². The van der Waals surface area contributed by atoms with E-state index in [1.807, 2.05) is 30.3 Å². The van der Waals surface area contributed by atoms with Crippen molar-refractivity contribution < 1.29 is 9.25 Å². The van der Waals surface area contributed by atoms with Gasteiger partial charge in [0.1, 0.15) is 11.9 Å². The van der Waals surface area contributed by atoms with Crippen molar-refractivity contribution >= 4 is 5.84 Å². The van der Waals surface area contributed by atoms with E-state index in [-0.39, 0.29) is 6.10 Å². The van der Waals surface area contributed by atoms with Gasteiger partial charge in [0.05, 0.1) is 12.2 Å². The lowest BCUT2D eigenvalue weighted by Gasteiger charge is -2.28. The van der Waals surface area contributed by atoms with Crippen LogP contribution in [0.25, 0.3) is 11.5 Å². The number of amidine groups is 1. The quantitative estimate of drug-likeness (QED) is 0.922. The van der Waals surface area contributed by atoms with Crippen LogP contribution in [0.15, 0.2) is 39.9 Å². The average Bonchev–Trinajstić information content (AvgIpc) is 3.21. The monoisotopic (exact) mass is 298 g/mol. The molecule has 0 fully saturated rings. The van der Waals surface area contributed by atoms with E-state index in [9.17, 15) is 0 Å². The largest absolute Gasteiger partial charge is 0.439 e. The molecule has 0 saturated carbocycles. The molecule has 2 aliphatic rings. The molecule has 1 aromatic heterocycles. The maximum Gasteiger partial charge on any atom is 0.226 e. The fraction of sp³-hybridized carbons (Fsp3) is 0.375. The summed E-state index contributed by atoms with van der Waals surface area (Å²) in [6.07, 6.45) is 1.76. The molecular weight excluding hydrogens is 280 g/mol. The number of hydrogen-bond donors (Lipinski definition) is 1. The third kappa shape index (κ3) is 2.25.